The number of rotatable bonds is 4. The second-order valence-electron chi connectivity index (χ2n) is 8.83. The van der Waals surface area contributed by atoms with E-state index in [1.165, 1.54) is 51.4 Å². The van der Waals surface area contributed by atoms with Crippen molar-refractivity contribution in [1.82, 2.24) is 15.5 Å². The Hall–Kier alpha value is -0.580. The fourth-order valence-corrected chi connectivity index (χ4v) is 6.78. The van der Waals surface area contributed by atoms with Crippen molar-refractivity contribution in [1.29, 1.82) is 0 Å². The fourth-order valence-electron chi connectivity index (χ4n) is 5.10. The molecule has 0 bridgehead atoms. The number of amides is 1. The molecule has 29 heavy (non-hydrogen) atoms. The van der Waals surface area contributed by atoms with Crippen LogP contribution in [0.1, 0.15) is 64.2 Å². The third-order valence-corrected chi connectivity index (χ3v) is 8.34. The maximum absolute atomic E-state index is 12.1. The first-order valence-corrected chi connectivity index (χ1v) is 12.7. The molecule has 168 valence electrons. The van der Waals surface area contributed by atoms with Crippen molar-refractivity contribution in [3.63, 3.8) is 0 Å². The number of likely N-dealkylation sites (tertiary alicyclic amines) is 1. The zero-order valence-electron chi connectivity index (χ0n) is 17.6. The minimum Gasteiger partial charge on any atom is -0.356 e. The first-order chi connectivity index (χ1) is 13.4. The topological polar surface area (TPSA) is 90.9 Å². The Morgan fingerprint density at radius 3 is 2.45 bits per heavy atom. The summed E-state index contributed by atoms with van der Waals surface area (Å²) in [5, 5.41) is 6.19. The standard InChI is InChI=1S/C20H36N4O3S.HI/c1-21-19(22-12-7-18(25)23-17-8-14-28(26,27)15-17)24-13-6-11-20(16-24)9-4-2-3-5-10-20;/h17H,2-16H2,1H3,(H,21,22)(H,23,25);1H. The molecule has 0 aromatic carbocycles. The van der Waals surface area contributed by atoms with Gasteiger partial charge in [0.2, 0.25) is 5.91 Å². The lowest BCUT2D eigenvalue weighted by Gasteiger charge is -2.44. The molecule has 0 aromatic heterocycles. The minimum atomic E-state index is -2.97. The maximum Gasteiger partial charge on any atom is 0.222 e. The molecule has 1 atom stereocenters. The molecule has 7 nitrogen and oxygen atoms in total. The average molecular weight is 541 g/mol. The van der Waals surface area contributed by atoms with E-state index in [4.69, 9.17) is 0 Å². The minimum absolute atomic E-state index is 0. The van der Waals surface area contributed by atoms with Crippen molar-refractivity contribution in [2.75, 3.05) is 38.2 Å². The molecule has 2 N–H and O–H groups in total. The molecule has 1 saturated carbocycles. The summed E-state index contributed by atoms with van der Waals surface area (Å²) in [4.78, 5) is 19.0. The second-order valence-corrected chi connectivity index (χ2v) is 11.1. The molecular weight excluding hydrogens is 503 g/mol. The quantitative estimate of drug-likeness (QED) is 0.325. The van der Waals surface area contributed by atoms with Gasteiger partial charge in [-0.2, -0.15) is 0 Å². The highest BCUT2D eigenvalue weighted by atomic mass is 127. The van der Waals surface area contributed by atoms with Gasteiger partial charge in [-0.15, -0.1) is 24.0 Å². The highest BCUT2D eigenvalue weighted by molar-refractivity contribution is 14.0. The smallest absolute Gasteiger partial charge is 0.222 e. The number of aliphatic imine (C=N–C) groups is 1. The maximum atomic E-state index is 12.1. The van der Waals surface area contributed by atoms with Crippen LogP contribution in [0, 0.1) is 5.41 Å². The molecule has 3 aliphatic rings. The van der Waals surface area contributed by atoms with Gasteiger partial charge in [0, 0.05) is 39.1 Å². The highest BCUT2D eigenvalue weighted by Gasteiger charge is 2.36. The van der Waals surface area contributed by atoms with Crippen molar-refractivity contribution in [2.45, 2.75) is 70.3 Å². The van der Waals surface area contributed by atoms with Crippen molar-refractivity contribution in [3.8, 4) is 0 Å². The van der Waals surface area contributed by atoms with Gasteiger partial charge in [0.1, 0.15) is 0 Å². The van der Waals surface area contributed by atoms with E-state index in [1.807, 2.05) is 0 Å². The van der Waals surface area contributed by atoms with Crippen LogP contribution in [-0.2, 0) is 14.6 Å². The van der Waals surface area contributed by atoms with Crippen LogP contribution in [0.25, 0.3) is 0 Å². The number of carbonyl (C=O) groups excluding carboxylic acids is 1. The lowest BCUT2D eigenvalue weighted by molar-refractivity contribution is -0.121. The summed E-state index contributed by atoms with van der Waals surface area (Å²) < 4.78 is 23.0. The number of carbonyl (C=O) groups is 1. The summed E-state index contributed by atoms with van der Waals surface area (Å²) in [6.07, 6.45) is 11.5. The molecule has 0 radical (unpaired) electrons. The van der Waals surface area contributed by atoms with Crippen LogP contribution in [0.5, 0.6) is 0 Å². The second kappa shape index (κ2) is 11.2. The third kappa shape index (κ3) is 7.25. The van der Waals surface area contributed by atoms with Gasteiger partial charge in [-0.3, -0.25) is 9.79 Å². The Morgan fingerprint density at radius 2 is 1.83 bits per heavy atom. The summed E-state index contributed by atoms with van der Waals surface area (Å²) >= 11 is 0. The van der Waals surface area contributed by atoms with E-state index in [-0.39, 0.29) is 47.4 Å². The van der Waals surface area contributed by atoms with Crippen LogP contribution < -0.4 is 10.6 Å². The number of guanidine groups is 1. The van der Waals surface area contributed by atoms with Gasteiger partial charge in [0.05, 0.1) is 11.5 Å². The Balaban J connectivity index is 0.00000300. The SMILES string of the molecule is CN=C(NCCC(=O)NC1CCS(=O)(=O)C1)N1CCCC2(CCCCCC2)C1.I. The van der Waals surface area contributed by atoms with E-state index in [9.17, 15) is 13.2 Å². The molecule has 0 aromatic rings. The lowest BCUT2D eigenvalue weighted by atomic mass is 9.74. The van der Waals surface area contributed by atoms with E-state index >= 15 is 0 Å². The number of sulfone groups is 1. The summed E-state index contributed by atoms with van der Waals surface area (Å²) in [7, 11) is -1.16. The molecule has 2 saturated heterocycles. The molecule has 1 aliphatic carbocycles. The van der Waals surface area contributed by atoms with E-state index in [0.717, 1.165) is 19.0 Å². The zero-order valence-corrected chi connectivity index (χ0v) is 20.8. The first kappa shape index (κ1) is 24.7. The molecule has 9 heteroatoms. The summed E-state index contributed by atoms with van der Waals surface area (Å²) in [6, 6.07) is -0.228. The largest absolute Gasteiger partial charge is 0.356 e. The normalized spacial score (nSPS) is 26.4. The molecule has 3 fully saturated rings. The Morgan fingerprint density at radius 1 is 1.14 bits per heavy atom. The van der Waals surface area contributed by atoms with Crippen LogP contribution >= 0.6 is 24.0 Å². The summed E-state index contributed by atoms with van der Waals surface area (Å²) in [5.74, 6) is 1.05. The molecule has 3 rings (SSSR count). The van der Waals surface area contributed by atoms with Crippen molar-refractivity contribution >= 4 is 45.7 Å². The van der Waals surface area contributed by atoms with E-state index in [0.29, 0.717) is 24.8 Å². The monoisotopic (exact) mass is 540 g/mol. The first-order valence-electron chi connectivity index (χ1n) is 10.9. The Labute approximate surface area is 192 Å². The van der Waals surface area contributed by atoms with Gasteiger partial charge >= 0.3 is 0 Å². The Kier molecular flexibility index (Phi) is 9.50. The third-order valence-electron chi connectivity index (χ3n) is 6.57. The van der Waals surface area contributed by atoms with Crippen molar-refractivity contribution in [2.24, 2.45) is 10.4 Å². The van der Waals surface area contributed by atoms with Gasteiger partial charge in [-0.05, 0) is 37.5 Å². The number of halogens is 1. The lowest BCUT2D eigenvalue weighted by Crippen LogP contribution is -2.51. The molecule has 1 unspecified atom stereocenters. The number of nitrogens with zero attached hydrogens (tertiary/aromatic N) is 2. The molecule has 2 aliphatic heterocycles. The number of hydrogen-bond acceptors (Lipinski definition) is 4. The molecule has 1 amide bonds. The average Bonchev–Trinajstić information content (AvgIpc) is 2.85. The Bertz CT molecular complexity index is 675. The van der Waals surface area contributed by atoms with Gasteiger partial charge in [0.25, 0.3) is 0 Å². The van der Waals surface area contributed by atoms with Gasteiger partial charge in [-0.1, -0.05) is 25.7 Å². The predicted molar refractivity (Wildman–Crippen MR) is 128 cm³/mol. The fraction of sp³-hybridized carbons (Fsp3) is 0.900. The summed E-state index contributed by atoms with van der Waals surface area (Å²) in [5.41, 5.74) is 0.442. The van der Waals surface area contributed by atoms with Gasteiger partial charge < -0.3 is 15.5 Å². The van der Waals surface area contributed by atoms with E-state index in [1.54, 1.807) is 7.05 Å². The molecular formula is C20H37IN4O3S. The van der Waals surface area contributed by atoms with Crippen LogP contribution in [0.3, 0.4) is 0 Å². The van der Waals surface area contributed by atoms with Crippen molar-refractivity contribution in [3.05, 3.63) is 0 Å². The number of hydrogen-bond donors (Lipinski definition) is 2. The van der Waals surface area contributed by atoms with Gasteiger partial charge in [-0.25, -0.2) is 8.42 Å². The van der Waals surface area contributed by atoms with Gasteiger partial charge in [0.15, 0.2) is 15.8 Å². The highest BCUT2D eigenvalue weighted by Crippen LogP contribution is 2.42. The number of piperidine rings is 1. The van der Waals surface area contributed by atoms with Crippen molar-refractivity contribution < 1.29 is 13.2 Å². The van der Waals surface area contributed by atoms with Crippen LogP contribution in [0.2, 0.25) is 0 Å². The predicted octanol–water partition coefficient (Wildman–Crippen LogP) is 2.31. The van der Waals surface area contributed by atoms with Crippen LogP contribution in [0.4, 0.5) is 0 Å². The van der Waals surface area contributed by atoms with E-state index in [2.05, 4.69) is 20.5 Å². The molecule has 2 heterocycles. The van der Waals surface area contributed by atoms with Crippen LogP contribution in [-0.4, -0.2) is 69.4 Å². The summed E-state index contributed by atoms with van der Waals surface area (Å²) in [6.45, 7) is 2.60. The zero-order chi connectivity index (χ0) is 20.0. The van der Waals surface area contributed by atoms with Crippen LogP contribution in [0.15, 0.2) is 4.99 Å². The molecule has 1 spiro atoms. The number of nitrogens with one attached hydrogen (secondary N) is 2. The van der Waals surface area contributed by atoms with E-state index < -0.39 is 9.84 Å².